The van der Waals surface area contributed by atoms with Crippen LogP contribution in [0.2, 0.25) is 0 Å². The van der Waals surface area contributed by atoms with E-state index in [0.717, 1.165) is 11.1 Å². The summed E-state index contributed by atoms with van der Waals surface area (Å²) in [5, 5.41) is 12.3. The number of rotatable bonds is 6. The number of likely N-dealkylation sites (tertiary alicyclic amines) is 1. The lowest BCUT2D eigenvalue weighted by molar-refractivity contribution is -0.149. The van der Waals surface area contributed by atoms with Gasteiger partial charge in [-0.1, -0.05) is 55.5 Å². The Bertz CT molecular complexity index is 1080. The van der Waals surface area contributed by atoms with E-state index in [0.29, 0.717) is 25.8 Å². The van der Waals surface area contributed by atoms with Crippen LogP contribution in [0.25, 0.3) is 11.1 Å². The highest BCUT2D eigenvalue weighted by Crippen LogP contribution is 2.48. The van der Waals surface area contributed by atoms with Crippen LogP contribution in [0.4, 0.5) is 4.79 Å². The number of piperidine rings is 1. The second kappa shape index (κ2) is 8.78. The van der Waals surface area contributed by atoms with Gasteiger partial charge >= 0.3 is 12.1 Å². The number of hydrogen-bond acceptors (Lipinski definition) is 4. The van der Waals surface area contributed by atoms with Crippen LogP contribution < -0.4 is 5.32 Å². The Labute approximate surface area is 199 Å². The molecule has 2 fully saturated rings. The number of ether oxygens (including phenoxy) is 1. The average Bonchev–Trinajstić information content (AvgIpc) is 3.58. The number of amides is 2. The summed E-state index contributed by atoms with van der Waals surface area (Å²) < 4.78 is 5.60. The van der Waals surface area contributed by atoms with Gasteiger partial charge in [-0.2, -0.15) is 0 Å². The predicted octanol–water partition coefficient (Wildman–Crippen LogP) is 3.87. The van der Waals surface area contributed by atoms with E-state index in [9.17, 15) is 19.5 Å². The number of alkyl carbamates (subject to hydrolysis) is 1. The summed E-state index contributed by atoms with van der Waals surface area (Å²) in [4.78, 5) is 38.9. The van der Waals surface area contributed by atoms with Crippen LogP contribution in [0, 0.1) is 17.3 Å². The fourth-order valence-electron chi connectivity index (χ4n) is 5.42. The molecule has 3 aliphatic rings. The van der Waals surface area contributed by atoms with Gasteiger partial charge in [-0.05, 0) is 47.4 Å². The van der Waals surface area contributed by atoms with Gasteiger partial charge in [-0.25, -0.2) is 4.79 Å². The van der Waals surface area contributed by atoms with Crippen LogP contribution in [-0.4, -0.2) is 54.2 Å². The zero-order chi connectivity index (χ0) is 23.9. The number of benzene rings is 2. The quantitative estimate of drug-likeness (QED) is 0.679. The first kappa shape index (κ1) is 22.4. The van der Waals surface area contributed by atoms with Gasteiger partial charge < -0.3 is 20.1 Å². The first-order chi connectivity index (χ1) is 16.4. The van der Waals surface area contributed by atoms with Gasteiger partial charge in [0, 0.05) is 25.6 Å². The molecule has 2 atom stereocenters. The molecule has 2 unspecified atom stereocenters. The predicted molar refractivity (Wildman–Crippen MR) is 126 cm³/mol. The normalized spacial score (nSPS) is 22.4. The largest absolute Gasteiger partial charge is 0.481 e. The van der Waals surface area contributed by atoms with Crippen LogP contribution in [-0.2, 0) is 14.3 Å². The summed E-state index contributed by atoms with van der Waals surface area (Å²) in [6.07, 6.45) is 1.54. The van der Waals surface area contributed by atoms with E-state index in [-0.39, 0.29) is 37.4 Å². The minimum atomic E-state index is -0.855. The van der Waals surface area contributed by atoms with Gasteiger partial charge in [-0.15, -0.1) is 0 Å². The van der Waals surface area contributed by atoms with Crippen molar-refractivity contribution < 1.29 is 24.2 Å². The first-order valence-electron chi connectivity index (χ1n) is 12.0. The Balaban J connectivity index is 1.17. The summed E-state index contributed by atoms with van der Waals surface area (Å²) in [5.74, 6) is -1.41. The number of carboxylic acid groups (broad SMARTS) is 1. The minimum Gasteiger partial charge on any atom is -0.481 e. The number of fused-ring (bicyclic) bond motifs is 3. The molecule has 2 aromatic rings. The van der Waals surface area contributed by atoms with Gasteiger partial charge in [0.25, 0.3) is 0 Å². The van der Waals surface area contributed by atoms with Gasteiger partial charge in [0.2, 0.25) is 5.91 Å². The summed E-state index contributed by atoms with van der Waals surface area (Å²) in [5.41, 5.74) is 4.01. The van der Waals surface area contributed by atoms with Crippen LogP contribution in [0.5, 0.6) is 0 Å². The standard InChI is InChI=1S/C27H30N2O5/c1-17-10-13-29(14-22(17)24(30)31)25(32)27(11-12-27)16-28-26(33)34-15-23-20-8-4-2-6-18(20)19-7-3-5-9-21(19)23/h2-9,17,22-23H,10-16H2,1H3,(H,28,33)(H,30,31). The van der Waals surface area contributed by atoms with Crippen molar-refractivity contribution in [2.24, 2.45) is 17.3 Å². The average molecular weight is 463 g/mol. The second-order valence-corrected chi connectivity index (χ2v) is 9.92. The SMILES string of the molecule is CC1CCN(C(=O)C2(CNC(=O)OCC3c4ccccc4-c4ccccc43)CC2)CC1C(=O)O. The zero-order valence-electron chi connectivity index (χ0n) is 19.3. The van der Waals surface area contributed by atoms with Gasteiger partial charge in [-0.3, -0.25) is 9.59 Å². The van der Waals surface area contributed by atoms with E-state index < -0.39 is 23.4 Å². The van der Waals surface area contributed by atoms with Crippen molar-refractivity contribution in [1.29, 1.82) is 0 Å². The van der Waals surface area contributed by atoms with Crippen LogP contribution in [0.3, 0.4) is 0 Å². The Hall–Kier alpha value is -3.35. The molecule has 0 bridgehead atoms. The lowest BCUT2D eigenvalue weighted by atomic mass is 9.86. The van der Waals surface area contributed by atoms with Crippen molar-refractivity contribution in [3.05, 3.63) is 59.7 Å². The highest BCUT2D eigenvalue weighted by molar-refractivity contribution is 5.87. The fourth-order valence-corrected chi connectivity index (χ4v) is 5.42. The molecule has 1 saturated carbocycles. The maximum atomic E-state index is 13.2. The summed E-state index contributed by atoms with van der Waals surface area (Å²) in [6.45, 7) is 3.17. The Kier molecular flexibility index (Phi) is 5.80. The van der Waals surface area contributed by atoms with Gasteiger partial charge in [0.1, 0.15) is 6.61 Å². The number of hydrogen-bond donors (Lipinski definition) is 2. The van der Waals surface area contributed by atoms with E-state index in [1.807, 2.05) is 31.2 Å². The van der Waals surface area contributed by atoms with Crippen LogP contribution in [0.15, 0.2) is 48.5 Å². The zero-order valence-corrected chi connectivity index (χ0v) is 19.3. The van der Waals surface area contributed by atoms with E-state index in [1.54, 1.807) is 4.90 Å². The molecule has 0 aromatic heterocycles. The molecule has 1 heterocycles. The van der Waals surface area contributed by atoms with Crippen molar-refractivity contribution in [2.45, 2.75) is 32.1 Å². The van der Waals surface area contributed by atoms with Gasteiger partial charge in [0.15, 0.2) is 0 Å². The molecule has 34 heavy (non-hydrogen) atoms. The molecule has 0 radical (unpaired) electrons. The fraction of sp³-hybridized carbons (Fsp3) is 0.444. The molecule has 178 valence electrons. The first-order valence-corrected chi connectivity index (χ1v) is 12.0. The third kappa shape index (κ3) is 4.04. The molecule has 7 nitrogen and oxygen atoms in total. The molecule has 2 N–H and O–H groups in total. The van der Waals surface area contributed by atoms with Crippen molar-refractivity contribution in [3.8, 4) is 11.1 Å². The summed E-state index contributed by atoms with van der Waals surface area (Å²) >= 11 is 0. The Morgan fingerprint density at radius 3 is 2.26 bits per heavy atom. The molecular formula is C27H30N2O5. The van der Waals surface area contributed by atoms with Crippen LogP contribution in [0.1, 0.15) is 43.2 Å². The molecule has 0 spiro atoms. The number of carbonyl (C=O) groups excluding carboxylic acids is 2. The number of carbonyl (C=O) groups is 3. The number of carboxylic acids is 1. The lowest BCUT2D eigenvalue weighted by Crippen LogP contribution is -2.50. The molecule has 2 aromatic carbocycles. The number of nitrogens with one attached hydrogen (secondary N) is 1. The van der Waals surface area contributed by atoms with E-state index in [4.69, 9.17) is 4.74 Å². The highest BCUT2D eigenvalue weighted by atomic mass is 16.5. The minimum absolute atomic E-state index is 0.0158. The third-order valence-electron chi connectivity index (χ3n) is 7.78. The molecule has 2 amide bonds. The maximum absolute atomic E-state index is 13.2. The van der Waals surface area contributed by atoms with Gasteiger partial charge in [0.05, 0.1) is 11.3 Å². The monoisotopic (exact) mass is 462 g/mol. The number of aliphatic carboxylic acids is 1. The Morgan fingerprint density at radius 2 is 1.68 bits per heavy atom. The molecule has 5 rings (SSSR count). The molecular weight excluding hydrogens is 432 g/mol. The molecule has 1 saturated heterocycles. The lowest BCUT2D eigenvalue weighted by Gasteiger charge is -2.37. The smallest absolute Gasteiger partial charge is 0.407 e. The summed E-state index contributed by atoms with van der Waals surface area (Å²) in [7, 11) is 0. The molecule has 7 heteroatoms. The topological polar surface area (TPSA) is 95.9 Å². The summed E-state index contributed by atoms with van der Waals surface area (Å²) in [6, 6.07) is 16.3. The van der Waals surface area contributed by atoms with E-state index >= 15 is 0 Å². The molecule has 1 aliphatic heterocycles. The highest BCUT2D eigenvalue weighted by Gasteiger charge is 2.53. The maximum Gasteiger partial charge on any atom is 0.407 e. The van der Waals surface area contributed by atoms with Crippen molar-refractivity contribution in [3.63, 3.8) is 0 Å². The van der Waals surface area contributed by atoms with E-state index in [1.165, 1.54) is 11.1 Å². The molecule has 2 aliphatic carbocycles. The second-order valence-electron chi connectivity index (χ2n) is 9.92. The third-order valence-corrected chi connectivity index (χ3v) is 7.78. The van der Waals surface area contributed by atoms with Crippen molar-refractivity contribution in [1.82, 2.24) is 10.2 Å². The van der Waals surface area contributed by atoms with Crippen LogP contribution >= 0.6 is 0 Å². The Morgan fingerprint density at radius 1 is 1.06 bits per heavy atom. The van der Waals surface area contributed by atoms with Crippen molar-refractivity contribution >= 4 is 18.0 Å². The van der Waals surface area contributed by atoms with Crippen molar-refractivity contribution in [2.75, 3.05) is 26.2 Å². The van der Waals surface area contributed by atoms with E-state index in [2.05, 4.69) is 29.6 Å². The number of nitrogens with zero attached hydrogens (tertiary/aromatic N) is 1.